The number of nitro benzene ring substituents is 1. The van der Waals surface area contributed by atoms with Crippen LogP contribution in [0.15, 0.2) is 18.2 Å². The summed E-state index contributed by atoms with van der Waals surface area (Å²) in [7, 11) is 0. The molecular formula is C20H24ClN3O5. The van der Waals surface area contributed by atoms with E-state index >= 15 is 0 Å². The van der Waals surface area contributed by atoms with Crippen LogP contribution in [0, 0.1) is 26.9 Å². The van der Waals surface area contributed by atoms with Gasteiger partial charge in [0.25, 0.3) is 5.69 Å². The van der Waals surface area contributed by atoms with Gasteiger partial charge >= 0.3 is 0 Å². The lowest BCUT2D eigenvalue weighted by Gasteiger charge is -2.47. The van der Waals surface area contributed by atoms with Crippen LogP contribution in [0.2, 0.25) is 5.02 Å². The first-order chi connectivity index (χ1) is 13.5. The van der Waals surface area contributed by atoms with Gasteiger partial charge in [0.1, 0.15) is 5.02 Å². The highest BCUT2D eigenvalue weighted by molar-refractivity contribution is 6.32. The van der Waals surface area contributed by atoms with Crippen molar-refractivity contribution >= 4 is 40.7 Å². The van der Waals surface area contributed by atoms with Crippen molar-refractivity contribution < 1.29 is 19.3 Å². The minimum Gasteiger partial charge on any atom is -0.326 e. The molecule has 2 fully saturated rings. The van der Waals surface area contributed by atoms with Crippen LogP contribution in [0.25, 0.3) is 0 Å². The SMILES string of the molecule is CC12CCC(C(=O)N(CCCC(=O)Nc3ccc(Cl)c([N+](=O)[O-])c3)C1=O)C2(C)C. The zero-order valence-corrected chi connectivity index (χ0v) is 17.4. The molecule has 1 saturated carbocycles. The van der Waals surface area contributed by atoms with Crippen LogP contribution < -0.4 is 5.32 Å². The molecule has 2 atom stereocenters. The van der Waals surface area contributed by atoms with Gasteiger partial charge in [-0.15, -0.1) is 0 Å². The number of amides is 3. The highest BCUT2D eigenvalue weighted by atomic mass is 35.5. The number of hydrogen-bond acceptors (Lipinski definition) is 5. The summed E-state index contributed by atoms with van der Waals surface area (Å²) in [5.74, 6) is -0.833. The summed E-state index contributed by atoms with van der Waals surface area (Å²) in [5, 5.41) is 13.5. The van der Waals surface area contributed by atoms with Crippen molar-refractivity contribution in [2.45, 2.75) is 46.5 Å². The molecule has 0 spiro atoms. The maximum absolute atomic E-state index is 13.0. The van der Waals surface area contributed by atoms with Crippen molar-refractivity contribution in [1.82, 2.24) is 4.90 Å². The predicted molar refractivity (Wildman–Crippen MR) is 107 cm³/mol. The fraction of sp³-hybridized carbons (Fsp3) is 0.550. The molecule has 3 rings (SSSR count). The minimum absolute atomic E-state index is 0.0128. The third-order valence-corrected chi connectivity index (χ3v) is 7.04. The van der Waals surface area contributed by atoms with Gasteiger partial charge in [0.2, 0.25) is 17.7 Å². The Morgan fingerprint density at radius 1 is 1.34 bits per heavy atom. The van der Waals surface area contributed by atoms with Gasteiger partial charge in [-0.3, -0.25) is 29.4 Å². The van der Waals surface area contributed by atoms with E-state index < -0.39 is 10.3 Å². The second-order valence-electron chi connectivity index (χ2n) is 8.52. The van der Waals surface area contributed by atoms with E-state index in [0.29, 0.717) is 19.3 Å². The van der Waals surface area contributed by atoms with Crippen LogP contribution in [0.1, 0.15) is 46.5 Å². The molecule has 8 nitrogen and oxygen atoms in total. The smallest absolute Gasteiger partial charge is 0.289 e. The third kappa shape index (κ3) is 3.50. The Kier molecular flexibility index (Phi) is 5.42. The number of carbonyl (C=O) groups is 3. The predicted octanol–water partition coefficient (Wildman–Crippen LogP) is 3.78. The van der Waals surface area contributed by atoms with E-state index in [9.17, 15) is 24.5 Å². The number of anilines is 1. The number of piperidine rings is 1. The number of nitrogens with zero attached hydrogens (tertiary/aromatic N) is 2. The number of rotatable bonds is 6. The van der Waals surface area contributed by atoms with E-state index in [1.165, 1.54) is 23.1 Å². The summed E-state index contributed by atoms with van der Waals surface area (Å²) in [6.45, 7) is 6.08. The van der Waals surface area contributed by atoms with Gasteiger partial charge < -0.3 is 5.32 Å². The number of halogens is 1. The van der Waals surface area contributed by atoms with Gasteiger partial charge in [-0.2, -0.15) is 0 Å². The lowest BCUT2D eigenvalue weighted by Crippen LogP contribution is -2.59. The number of likely N-dealkylation sites (tertiary alicyclic amines) is 1. The number of benzene rings is 1. The van der Waals surface area contributed by atoms with E-state index in [4.69, 9.17) is 11.6 Å². The first-order valence-electron chi connectivity index (χ1n) is 9.58. The summed E-state index contributed by atoms with van der Waals surface area (Å²) in [5.41, 5.74) is -0.946. The summed E-state index contributed by atoms with van der Waals surface area (Å²) >= 11 is 5.76. The summed E-state index contributed by atoms with van der Waals surface area (Å²) in [4.78, 5) is 49.5. The highest BCUT2D eigenvalue weighted by Crippen LogP contribution is 2.60. The number of fused-ring (bicyclic) bond motifs is 2. The highest BCUT2D eigenvalue weighted by Gasteiger charge is 2.64. The van der Waals surface area contributed by atoms with Crippen LogP contribution >= 0.6 is 11.6 Å². The number of imide groups is 1. The molecule has 1 aliphatic heterocycles. The van der Waals surface area contributed by atoms with E-state index in [1.807, 2.05) is 20.8 Å². The molecule has 1 N–H and O–H groups in total. The van der Waals surface area contributed by atoms with Gasteiger partial charge in [0, 0.05) is 30.6 Å². The van der Waals surface area contributed by atoms with Crippen molar-refractivity contribution in [2.75, 3.05) is 11.9 Å². The molecule has 0 aromatic heterocycles. The normalized spacial score (nSPS) is 25.2. The van der Waals surface area contributed by atoms with Crippen molar-refractivity contribution in [1.29, 1.82) is 0 Å². The molecule has 29 heavy (non-hydrogen) atoms. The molecule has 2 aliphatic rings. The van der Waals surface area contributed by atoms with E-state index in [1.54, 1.807) is 0 Å². The van der Waals surface area contributed by atoms with Crippen LogP contribution in [0.3, 0.4) is 0 Å². The fourth-order valence-corrected chi connectivity index (χ4v) is 4.65. The van der Waals surface area contributed by atoms with Crippen molar-refractivity contribution in [2.24, 2.45) is 16.7 Å². The molecule has 2 bridgehead atoms. The molecule has 3 amide bonds. The van der Waals surface area contributed by atoms with Crippen molar-refractivity contribution in [3.8, 4) is 0 Å². The fourth-order valence-electron chi connectivity index (χ4n) is 4.46. The standard InChI is InChI=1S/C20H24ClN3O5/c1-19(2)13-8-9-20(19,3)18(27)23(17(13)26)10-4-5-16(25)22-12-6-7-14(21)15(11-12)24(28)29/h6-7,11,13H,4-5,8-10H2,1-3H3,(H,22,25). The van der Waals surface area contributed by atoms with Crippen LogP contribution in [0.5, 0.6) is 0 Å². The van der Waals surface area contributed by atoms with E-state index in [0.717, 1.165) is 0 Å². The Balaban J connectivity index is 1.59. The molecule has 9 heteroatoms. The van der Waals surface area contributed by atoms with Gasteiger partial charge in [0.05, 0.1) is 10.3 Å². The Morgan fingerprint density at radius 2 is 2.03 bits per heavy atom. The second kappa shape index (κ2) is 7.40. The molecule has 156 valence electrons. The first-order valence-corrected chi connectivity index (χ1v) is 9.96. The number of carbonyl (C=O) groups excluding carboxylic acids is 3. The summed E-state index contributed by atoms with van der Waals surface area (Å²) in [6.07, 6.45) is 1.81. The molecule has 0 radical (unpaired) electrons. The van der Waals surface area contributed by atoms with Gasteiger partial charge in [0.15, 0.2) is 0 Å². The van der Waals surface area contributed by atoms with Crippen LogP contribution in [0.4, 0.5) is 11.4 Å². The molecule has 1 heterocycles. The minimum atomic E-state index is -0.623. The van der Waals surface area contributed by atoms with E-state index in [-0.39, 0.29) is 58.4 Å². The molecule has 2 unspecified atom stereocenters. The van der Waals surface area contributed by atoms with Crippen LogP contribution in [-0.4, -0.2) is 34.1 Å². The third-order valence-electron chi connectivity index (χ3n) is 6.72. The monoisotopic (exact) mass is 421 g/mol. The van der Waals surface area contributed by atoms with Gasteiger partial charge in [-0.05, 0) is 36.8 Å². The zero-order valence-electron chi connectivity index (χ0n) is 16.7. The number of nitrogens with one attached hydrogen (secondary N) is 1. The molecular weight excluding hydrogens is 398 g/mol. The Labute approximate surface area is 173 Å². The molecule has 1 aromatic rings. The van der Waals surface area contributed by atoms with Crippen molar-refractivity contribution in [3.05, 3.63) is 33.3 Å². The first kappa shape index (κ1) is 21.2. The summed E-state index contributed by atoms with van der Waals surface area (Å²) < 4.78 is 0. The average molecular weight is 422 g/mol. The lowest BCUT2D eigenvalue weighted by molar-refractivity contribution is -0.384. The second-order valence-corrected chi connectivity index (χ2v) is 8.92. The quantitative estimate of drug-likeness (QED) is 0.427. The average Bonchev–Trinajstić information content (AvgIpc) is 2.83. The maximum Gasteiger partial charge on any atom is 0.289 e. The Morgan fingerprint density at radius 3 is 2.69 bits per heavy atom. The Hall–Kier alpha value is -2.48. The summed E-state index contributed by atoms with van der Waals surface area (Å²) in [6, 6.07) is 4.02. The zero-order chi connectivity index (χ0) is 21.6. The van der Waals surface area contributed by atoms with E-state index in [2.05, 4.69) is 5.32 Å². The molecule has 1 aliphatic carbocycles. The van der Waals surface area contributed by atoms with Crippen molar-refractivity contribution in [3.63, 3.8) is 0 Å². The van der Waals surface area contributed by atoms with Crippen LogP contribution in [-0.2, 0) is 14.4 Å². The molecule has 1 aromatic carbocycles. The topological polar surface area (TPSA) is 110 Å². The number of hydrogen-bond donors (Lipinski definition) is 1. The lowest BCUT2D eigenvalue weighted by atomic mass is 9.62. The van der Waals surface area contributed by atoms with Gasteiger partial charge in [-0.1, -0.05) is 32.4 Å². The van der Waals surface area contributed by atoms with Gasteiger partial charge in [-0.25, -0.2) is 0 Å². The Bertz CT molecular complexity index is 900. The molecule has 1 saturated heterocycles. The maximum atomic E-state index is 13.0. The number of nitro groups is 1. The largest absolute Gasteiger partial charge is 0.326 e.